The van der Waals surface area contributed by atoms with Gasteiger partial charge in [-0.2, -0.15) is 5.10 Å². The van der Waals surface area contributed by atoms with Crippen LogP contribution in [0.4, 0.5) is 5.69 Å². The quantitative estimate of drug-likeness (QED) is 0.559. The van der Waals surface area contributed by atoms with E-state index in [0.29, 0.717) is 12.1 Å². The minimum Gasteiger partial charge on any atom is -0.453 e. The van der Waals surface area contributed by atoms with Gasteiger partial charge in [0, 0.05) is 22.8 Å². The molecule has 0 radical (unpaired) electrons. The molecule has 0 saturated heterocycles. The van der Waals surface area contributed by atoms with Crippen LogP contribution in [0.5, 0.6) is 0 Å². The van der Waals surface area contributed by atoms with Crippen molar-refractivity contribution in [2.24, 2.45) is 0 Å². The van der Waals surface area contributed by atoms with Gasteiger partial charge in [0.05, 0.1) is 11.9 Å². The summed E-state index contributed by atoms with van der Waals surface area (Å²) in [5.41, 5.74) is 2.52. The van der Waals surface area contributed by atoms with Gasteiger partial charge in [-0.15, -0.1) is 0 Å². The van der Waals surface area contributed by atoms with Crippen LogP contribution in [0.15, 0.2) is 71.5 Å². The second-order valence-corrected chi connectivity index (χ2v) is 7.17. The molecule has 6 nitrogen and oxygen atoms in total. The predicted molar refractivity (Wildman–Crippen MR) is 110 cm³/mol. The number of aromatic nitrogens is 2. The van der Waals surface area contributed by atoms with Crippen LogP contribution in [0.25, 0.3) is 5.69 Å². The van der Waals surface area contributed by atoms with E-state index in [1.807, 2.05) is 48.7 Å². The Kier molecular flexibility index (Phi) is 6.60. The van der Waals surface area contributed by atoms with Crippen LogP contribution < -0.4 is 5.32 Å². The van der Waals surface area contributed by atoms with Crippen LogP contribution in [-0.2, 0) is 20.7 Å². The van der Waals surface area contributed by atoms with Gasteiger partial charge < -0.3 is 10.1 Å². The van der Waals surface area contributed by atoms with Crippen LogP contribution in [0, 0.1) is 0 Å². The normalized spacial score (nSPS) is 11.6. The Balaban J connectivity index is 1.46. The number of nitrogens with one attached hydrogen (secondary N) is 1. The number of benzene rings is 2. The third-order valence-corrected chi connectivity index (χ3v) is 4.59. The third-order valence-electron chi connectivity index (χ3n) is 4.06. The zero-order chi connectivity index (χ0) is 19.9. The fourth-order valence-electron chi connectivity index (χ4n) is 2.54. The molecule has 0 spiro atoms. The Hall–Kier alpha value is -2.93. The van der Waals surface area contributed by atoms with Crippen molar-refractivity contribution < 1.29 is 14.3 Å². The van der Waals surface area contributed by atoms with E-state index < -0.39 is 12.1 Å². The van der Waals surface area contributed by atoms with Gasteiger partial charge in [0.25, 0.3) is 5.91 Å². The predicted octanol–water partition coefficient (Wildman–Crippen LogP) is 4.14. The number of nitrogens with zero attached hydrogens (tertiary/aromatic N) is 2. The van der Waals surface area contributed by atoms with Gasteiger partial charge in [-0.1, -0.05) is 34.1 Å². The fraction of sp³-hybridized carbons (Fsp3) is 0.190. The van der Waals surface area contributed by atoms with Crippen LogP contribution in [0.3, 0.4) is 0 Å². The second-order valence-electron chi connectivity index (χ2n) is 6.26. The fourth-order valence-corrected chi connectivity index (χ4v) is 2.81. The Morgan fingerprint density at radius 1 is 1.14 bits per heavy atom. The Morgan fingerprint density at radius 2 is 1.86 bits per heavy atom. The van der Waals surface area contributed by atoms with Gasteiger partial charge >= 0.3 is 5.97 Å². The van der Waals surface area contributed by atoms with Gasteiger partial charge in [-0.25, -0.2) is 4.68 Å². The van der Waals surface area contributed by atoms with E-state index in [0.717, 1.165) is 15.7 Å². The van der Waals surface area contributed by atoms with Crippen molar-refractivity contribution in [3.05, 3.63) is 77.0 Å². The molecule has 144 valence electrons. The van der Waals surface area contributed by atoms with E-state index in [1.54, 1.807) is 29.9 Å². The maximum Gasteiger partial charge on any atom is 0.306 e. The lowest BCUT2D eigenvalue weighted by Crippen LogP contribution is -2.30. The zero-order valence-electron chi connectivity index (χ0n) is 15.3. The number of aryl methyl sites for hydroxylation is 1. The van der Waals surface area contributed by atoms with Gasteiger partial charge in [0.1, 0.15) is 0 Å². The molecule has 0 aliphatic rings. The highest BCUT2D eigenvalue weighted by molar-refractivity contribution is 9.10. The molecular weight excluding hydrogens is 422 g/mol. The van der Waals surface area contributed by atoms with Gasteiger partial charge in [0.15, 0.2) is 6.10 Å². The first-order valence-corrected chi connectivity index (χ1v) is 9.65. The average molecular weight is 442 g/mol. The number of amides is 1. The standard InChI is InChI=1S/C21H20BrN3O3/c1-15(21(27)24-18-10-8-17(22)9-11-18)28-20(26)12-7-16-13-23-25(14-16)19-5-3-2-4-6-19/h2-6,8-11,13-15H,7,12H2,1H3,(H,24,27). The molecule has 1 N–H and O–H groups in total. The molecule has 1 heterocycles. The van der Waals surface area contributed by atoms with Crippen LogP contribution in [-0.4, -0.2) is 27.8 Å². The summed E-state index contributed by atoms with van der Waals surface area (Å²) < 4.78 is 7.91. The SMILES string of the molecule is CC(OC(=O)CCc1cnn(-c2ccccc2)c1)C(=O)Nc1ccc(Br)cc1. The first-order chi connectivity index (χ1) is 13.5. The van der Waals surface area contributed by atoms with Crippen molar-refractivity contribution in [2.45, 2.75) is 25.9 Å². The van der Waals surface area contributed by atoms with Crippen molar-refractivity contribution in [2.75, 3.05) is 5.32 Å². The lowest BCUT2D eigenvalue weighted by Gasteiger charge is -2.13. The highest BCUT2D eigenvalue weighted by Crippen LogP contribution is 2.15. The highest BCUT2D eigenvalue weighted by atomic mass is 79.9. The number of carbonyl (C=O) groups is 2. The van der Waals surface area contributed by atoms with Crippen molar-refractivity contribution in [3.8, 4) is 5.69 Å². The summed E-state index contributed by atoms with van der Waals surface area (Å²) in [6, 6.07) is 16.9. The van der Waals surface area contributed by atoms with E-state index >= 15 is 0 Å². The Morgan fingerprint density at radius 3 is 2.57 bits per heavy atom. The summed E-state index contributed by atoms with van der Waals surface area (Å²) in [6.07, 6.45) is 3.41. The molecule has 0 bridgehead atoms. The molecule has 3 rings (SSSR count). The summed E-state index contributed by atoms with van der Waals surface area (Å²) in [6.45, 7) is 1.56. The smallest absolute Gasteiger partial charge is 0.306 e. The number of rotatable bonds is 7. The third kappa shape index (κ3) is 5.53. The van der Waals surface area contributed by atoms with Crippen molar-refractivity contribution in [1.29, 1.82) is 0 Å². The van der Waals surface area contributed by atoms with E-state index in [1.165, 1.54) is 0 Å². The van der Waals surface area contributed by atoms with E-state index in [9.17, 15) is 9.59 Å². The number of ether oxygens (including phenoxy) is 1. The van der Waals surface area contributed by atoms with E-state index in [2.05, 4.69) is 26.3 Å². The summed E-state index contributed by atoms with van der Waals surface area (Å²) >= 11 is 3.34. The molecule has 1 unspecified atom stereocenters. The summed E-state index contributed by atoms with van der Waals surface area (Å²) in [4.78, 5) is 24.2. The topological polar surface area (TPSA) is 73.2 Å². The summed E-state index contributed by atoms with van der Waals surface area (Å²) in [5, 5.41) is 7.02. The van der Waals surface area contributed by atoms with Gasteiger partial charge in [-0.05, 0) is 55.3 Å². The van der Waals surface area contributed by atoms with Crippen molar-refractivity contribution in [1.82, 2.24) is 9.78 Å². The van der Waals surface area contributed by atoms with Crippen molar-refractivity contribution >= 4 is 33.5 Å². The first-order valence-electron chi connectivity index (χ1n) is 8.86. The number of esters is 1. The molecule has 0 aliphatic carbocycles. The number of hydrogen-bond donors (Lipinski definition) is 1. The summed E-state index contributed by atoms with van der Waals surface area (Å²) in [5.74, 6) is -0.793. The maximum atomic E-state index is 12.2. The van der Waals surface area contributed by atoms with E-state index in [4.69, 9.17) is 4.74 Å². The molecule has 3 aromatic rings. The lowest BCUT2D eigenvalue weighted by atomic mass is 10.2. The average Bonchev–Trinajstić information content (AvgIpc) is 3.18. The zero-order valence-corrected chi connectivity index (χ0v) is 16.9. The Bertz CT molecular complexity index is 939. The molecule has 7 heteroatoms. The Labute approximate surface area is 171 Å². The van der Waals surface area contributed by atoms with Crippen LogP contribution in [0.1, 0.15) is 18.9 Å². The number of para-hydroxylation sites is 1. The molecule has 1 aromatic heterocycles. The molecule has 1 atom stereocenters. The molecule has 28 heavy (non-hydrogen) atoms. The number of anilines is 1. The van der Waals surface area contributed by atoms with Gasteiger partial charge in [-0.3, -0.25) is 9.59 Å². The minimum atomic E-state index is -0.872. The van der Waals surface area contributed by atoms with Crippen LogP contribution >= 0.6 is 15.9 Å². The molecule has 0 saturated carbocycles. The molecule has 0 aliphatic heterocycles. The maximum absolute atomic E-state index is 12.2. The molecular formula is C21H20BrN3O3. The molecule has 2 aromatic carbocycles. The summed E-state index contributed by atoms with van der Waals surface area (Å²) in [7, 11) is 0. The van der Waals surface area contributed by atoms with E-state index in [-0.39, 0.29) is 12.3 Å². The highest BCUT2D eigenvalue weighted by Gasteiger charge is 2.18. The molecule has 0 fully saturated rings. The first kappa shape index (κ1) is 19.8. The monoisotopic (exact) mass is 441 g/mol. The van der Waals surface area contributed by atoms with Crippen LogP contribution in [0.2, 0.25) is 0 Å². The second kappa shape index (κ2) is 9.32. The number of halogens is 1. The number of carbonyl (C=O) groups excluding carboxylic acids is 2. The van der Waals surface area contributed by atoms with Crippen molar-refractivity contribution in [3.63, 3.8) is 0 Å². The largest absolute Gasteiger partial charge is 0.453 e. The molecule has 1 amide bonds. The minimum absolute atomic E-state index is 0.177. The lowest BCUT2D eigenvalue weighted by molar-refractivity contribution is -0.153. The van der Waals surface area contributed by atoms with Gasteiger partial charge in [0.2, 0.25) is 0 Å². The number of hydrogen-bond acceptors (Lipinski definition) is 4.